The molecule has 1 unspecified atom stereocenters. The van der Waals surface area contributed by atoms with Crippen molar-refractivity contribution in [3.05, 3.63) is 29.8 Å². The average Bonchev–Trinajstić information content (AvgIpc) is 2.44. The summed E-state index contributed by atoms with van der Waals surface area (Å²) in [5.74, 6) is 0.905. The van der Waals surface area contributed by atoms with E-state index in [4.69, 9.17) is 14.7 Å². The second-order valence-electron chi connectivity index (χ2n) is 4.00. The number of nitrogens with zero attached hydrogens (tertiary/aromatic N) is 2. The highest BCUT2D eigenvalue weighted by molar-refractivity contribution is 5.82. The molecule has 0 aliphatic heterocycles. The summed E-state index contributed by atoms with van der Waals surface area (Å²) < 4.78 is 10.4. The van der Waals surface area contributed by atoms with Gasteiger partial charge in [0, 0.05) is 5.39 Å². The molecule has 4 heteroatoms. The molecule has 0 saturated carbocycles. The molecule has 1 aromatic carbocycles. The van der Waals surface area contributed by atoms with Gasteiger partial charge in [0.15, 0.2) is 5.75 Å². The molecule has 4 nitrogen and oxygen atoms in total. The minimum atomic E-state index is -0.149. The van der Waals surface area contributed by atoms with E-state index in [2.05, 4.69) is 11.1 Å². The number of rotatable bonds is 3. The van der Waals surface area contributed by atoms with E-state index in [0.29, 0.717) is 11.6 Å². The van der Waals surface area contributed by atoms with Crippen molar-refractivity contribution >= 4 is 10.9 Å². The molecule has 0 amide bonds. The molecular weight excluding hydrogens is 228 g/mol. The first-order chi connectivity index (χ1) is 8.69. The van der Waals surface area contributed by atoms with E-state index in [-0.39, 0.29) is 5.92 Å². The lowest BCUT2D eigenvalue weighted by molar-refractivity contribution is 0.345. The third-order valence-corrected chi connectivity index (χ3v) is 2.88. The molecule has 1 atom stereocenters. The maximum absolute atomic E-state index is 8.93. The lowest BCUT2D eigenvalue weighted by atomic mass is 10.0. The zero-order valence-corrected chi connectivity index (χ0v) is 10.6. The number of methoxy groups -OCH3 is 2. The minimum Gasteiger partial charge on any atom is -0.491 e. The summed E-state index contributed by atoms with van der Waals surface area (Å²) >= 11 is 0. The summed E-state index contributed by atoms with van der Waals surface area (Å²) in [5, 5.41) is 9.89. The van der Waals surface area contributed by atoms with Gasteiger partial charge < -0.3 is 9.47 Å². The maximum Gasteiger partial charge on any atom is 0.257 e. The van der Waals surface area contributed by atoms with Crippen molar-refractivity contribution in [1.82, 2.24) is 4.98 Å². The molecule has 0 fully saturated rings. The van der Waals surface area contributed by atoms with Crippen LogP contribution in [0.1, 0.15) is 18.4 Å². The predicted octanol–water partition coefficient (Wildman–Crippen LogP) is 2.88. The summed E-state index contributed by atoms with van der Waals surface area (Å²) in [7, 11) is 3.13. The van der Waals surface area contributed by atoms with Crippen LogP contribution in [0.2, 0.25) is 0 Å². The van der Waals surface area contributed by atoms with Crippen LogP contribution in [0.5, 0.6) is 11.6 Å². The average molecular weight is 242 g/mol. The predicted molar refractivity (Wildman–Crippen MR) is 68.9 cm³/mol. The molecule has 18 heavy (non-hydrogen) atoms. The van der Waals surface area contributed by atoms with Crippen LogP contribution >= 0.6 is 0 Å². The fourth-order valence-corrected chi connectivity index (χ4v) is 1.78. The lowest BCUT2D eigenvalue weighted by Gasteiger charge is -2.09. The molecule has 0 aliphatic carbocycles. The molecular formula is C14H14N2O2. The Balaban J connectivity index is 2.60. The second kappa shape index (κ2) is 4.92. The minimum absolute atomic E-state index is 0.149. The van der Waals surface area contributed by atoms with Crippen molar-refractivity contribution < 1.29 is 9.47 Å². The molecule has 0 aliphatic rings. The summed E-state index contributed by atoms with van der Waals surface area (Å²) in [6.07, 6.45) is 0. The molecule has 1 aromatic heterocycles. The second-order valence-corrected chi connectivity index (χ2v) is 4.00. The highest BCUT2D eigenvalue weighted by atomic mass is 16.5. The van der Waals surface area contributed by atoms with Gasteiger partial charge >= 0.3 is 0 Å². The molecule has 0 saturated heterocycles. The normalized spacial score (nSPS) is 11.9. The van der Waals surface area contributed by atoms with Crippen LogP contribution in [0.25, 0.3) is 10.9 Å². The fraction of sp³-hybridized carbons (Fsp3) is 0.286. The van der Waals surface area contributed by atoms with E-state index in [1.807, 2.05) is 31.2 Å². The first kappa shape index (κ1) is 12.2. The number of pyridine rings is 1. The Morgan fingerprint density at radius 1 is 1.22 bits per heavy atom. The monoisotopic (exact) mass is 242 g/mol. The van der Waals surface area contributed by atoms with Gasteiger partial charge in [0.25, 0.3) is 5.88 Å². The Kier molecular flexibility index (Phi) is 3.33. The van der Waals surface area contributed by atoms with Crippen LogP contribution in [0.4, 0.5) is 0 Å². The Hall–Kier alpha value is -2.28. The zero-order valence-electron chi connectivity index (χ0n) is 10.6. The van der Waals surface area contributed by atoms with E-state index in [9.17, 15) is 0 Å². The number of fused-ring (bicyclic) bond motifs is 1. The first-order valence-corrected chi connectivity index (χ1v) is 5.62. The SMILES string of the molecule is COc1cc2ccc(C(C)C#N)cc2nc1OC. The highest BCUT2D eigenvalue weighted by Gasteiger charge is 2.10. The Morgan fingerprint density at radius 3 is 2.61 bits per heavy atom. The van der Waals surface area contributed by atoms with Crippen LogP contribution in [-0.4, -0.2) is 19.2 Å². The summed E-state index contributed by atoms with van der Waals surface area (Å²) in [4.78, 5) is 4.39. The van der Waals surface area contributed by atoms with E-state index < -0.39 is 0 Å². The van der Waals surface area contributed by atoms with Crippen molar-refractivity contribution in [3.8, 4) is 17.7 Å². The van der Waals surface area contributed by atoms with Gasteiger partial charge in [-0.1, -0.05) is 12.1 Å². The quantitative estimate of drug-likeness (QED) is 0.830. The van der Waals surface area contributed by atoms with Gasteiger partial charge in [-0.3, -0.25) is 0 Å². The van der Waals surface area contributed by atoms with E-state index >= 15 is 0 Å². The van der Waals surface area contributed by atoms with Gasteiger partial charge in [-0.2, -0.15) is 5.26 Å². The molecule has 92 valence electrons. The van der Waals surface area contributed by atoms with E-state index in [0.717, 1.165) is 16.5 Å². The standard InChI is InChI=1S/C14H14N2O2/c1-9(8-15)10-4-5-11-7-13(17-2)14(18-3)16-12(11)6-10/h4-7,9H,1-3H3. The largest absolute Gasteiger partial charge is 0.491 e. The maximum atomic E-state index is 8.93. The van der Waals surface area contributed by atoms with Crippen LogP contribution < -0.4 is 9.47 Å². The summed E-state index contributed by atoms with van der Waals surface area (Å²) in [5.41, 5.74) is 1.75. The smallest absolute Gasteiger partial charge is 0.257 e. The van der Waals surface area contributed by atoms with Gasteiger partial charge in [-0.05, 0) is 24.6 Å². The Labute approximate surface area is 106 Å². The molecule has 0 N–H and O–H groups in total. The number of nitriles is 1. The van der Waals surface area contributed by atoms with Crippen molar-refractivity contribution in [1.29, 1.82) is 5.26 Å². The number of hydrogen-bond acceptors (Lipinski definition) is 4. The Morgan fingerprint density at radius 2 is 2.00 bits per heavy atom. The summed E-state index contributed by atoms with van der Waals surface area (Å²) in [6.45, 7) is 1.86. The van der Waals surface area contributed by atoms with Gasteiger partial charge in [0.05, 0.1) is 31.7 Å². The molecule has 0 radical (unpaired) electrons. The summed E-state index contributed by atoms with van der Waals surface area (Å²) in [6, 6.07) is 9.87. The van der Waals surface area contributed by atoms with Gasteiger partial charge in [0.1, 0.15) is 0 Å². The molecule has 1 heterocycles. The molecule has 2 aromatic rings. The molecule has 2 rings (SSSR count). The highest BCUT2D eigenvalue weighted by Crippen LogP contribution is 2.30. The molecule has 0 bridgehead atoms. The van der Waals surface area contributed by atoms with Crippen molar-refractivity contribution in [2.75, 3.05) is 14.2 Å². The van der Waals surface area contributed by atoms with Crippen LogP contribution in [-0.2, 0) is 0 Å². The fourth-order valence-electron chi connectivity index (χ4n) is 1.78. The van der Waals surface area contributed by atoms with Crippen LogP contribution in [0, 0.1) is 11.3 Å². The van der Waals surface area contributed by atoms with Gasteiger partial charge in [-0.15, -0.1) is 0 Å². The topological polar surface area (TPSA) is 55.1 Å². The van der Waals surface area contributed by atoms with Crippen molar-refractivity contribution in [3.63, 3.8) is 0 Å². The number of hydrogen-bond donors (Lipinski definition) is 0. The zero-order chi connectivity index (χ0) is 13.1. The van der Waals surface area contributed by atoms with E-state index in [1.54, 1.807) is 14.2 Å². The molecule has 0 spiro atoms. The van der Waals surface area contributed by atoms with Crippen LogP contribution in [0.15, 0.2) is 24.3 Å². The lowest BCUT2D eigenvalue weighted by Crippen LogP contribution is -1.95. The van der Waals surface area contributed by atoms with Crippen molar-refractivity contribution in [2.45, 2.75) is 12.8 Å². The first-order valence-electron chi connectivity index (χ1n) is 5.62. The van der Waals surface area contributed by atoms with Gasteiger partial charge in [-0.25, -0.2) is 4.98 Å². The third kappa shape index (κ3) is 2.07. The Bertz CT molecular complexity index is 617. The van der Waals surface area contributed by atoms with Crippen molar-refractivity contribution in [2.24, 2.45) is 0 Å². The number of aromatic nitrogens is 1. The number of benzene rings is 1. The van der Waals surface area contributed by atoms with Crippen LogP contribution in [0.3, 0.4) is 0 Å². The van der Waals surface area contributed by atoms with Gasteiger partial charge in [0.2, 0.25) is 0 Å². The number of ether oxygens (including phenoxy) is 2. The third-order valence-electron chi connectivity index (χ3n) is 2.88. The van der Waals surface area contributed by atoms with E-state index in [1.165, 1.54) is 0 Å².